The Balaban J connectivity index is 1.94. The van der Waals surface area contributed by atoms with Crippen molar-refractivity contribution in [2.24, 2.45) is 0 Å². The van der Waals surface area contributed by atoms with Gasteiger partial charge in [0.2, 0.25) is 5.16 Å². The van der Waals surface area contributed by atoms with Crippen molar-refractivity contribution in [3.05, 3.63) is 70.0 Å². The monoisotopic (exact) mass is 429 g/mol. The first kappa shape index (κ1) is 19.4. The van der Waals surface area contributed by atoms with Crippen LogP contribution in [0.15, 0.2) is 59.0 Å². The number of aromatic hydroxyl groups is 1. The summed E-state index contributed by atoms with van der Waals surface area (Å²) in [5, 5.41) is 18.8. The van der Waals surface area contributed by atoms with Crippen LogP contribution >= 0.6 is 23.4 Å². The van der Waals surface area contributed by atoms with Gasteiger partial charge in [0.25, 0.3) is 6.17 Å². The number of ether oxygens (including phenoxy) is 1. The maximum absolute atomic E-state index is 13.0. The Morgan fingerprint density at radius 1 is 1.41 bits per heavy atom. The van der Waals surface area contributed by atoms with Crippen LogP contribution in [0.2, 0.25) is 5.02 Å². The third-order valence-corrected chi connectivity index (χ3v) is 5.65. The van der Waals surface area contributed by atoms with Crippen LogP contribution in [0, 0.1) is 0 Å². The number of phenolic OH excluding ortho intramolecular Hbond substituents is 1. The molecule has 0 aliphatic carbocycles. The van der Waals surface area contributed by atoms with Gasteiger partial charge >= 0.3 is 11.3 Å². The normalized spacial score (nSPS) is 14.5. The number of thioether (sulfide) groups is 1. The third kappa shape index (κ3) is 3.45. The summed E-state index contributed by atoms with van der Waals surface area (Å²) in [6.07, 6.45) is 1.21. The van der Waals surface area contributed by atoms with E-state index in [9.17, 15) is 9.90 Å². The highest BCUT2D eigenvalue weighted by molar-refractivity contribution is 7.99. The molecular weight excluding hydrogens is 412 g/mol. The van der Waals surface area contributed by atoms with Gasteiger partial charge in [0, 0.05) is 16.4 Å². The molecule has 2 heterocycles. The van der Waals surface area contributed by atoms with Crippen LogP contribution in [-0.4, -0.2) is 28.1 Å². The largest absolute Gasteiger partial charge is 0.503 e. The molecule has 0 amide bonds. The second-order valence-electron chi connectivity index (χ2n) is 6.30. The van der Waals surface area contributed by atoms with Crippen molar-refractivity contribution in [3.63, 3.8) is 0 Å². The molecule has 4 rings (SSSR count). The SMILES string of the molecule is C=CCSc1n[n+]2c(c(=O)[nH]1)-c1ccccc1N[C@H]2c1cc(Cl)c(O)c(OC)c1. The summed E-state index contributed by atoms with van der Waals surface area (Å²) in [6, 6.07) is 10.8. The Kier molecular flexibility index (Phi) is 5.21. The molecule has 1 aromatic heterocycles. The van der Waals surface area contributed by atoms with Crippen molar-refractivity contribution in [2.75, 3.05) is 18.2 Å². The Labute approximate surface area is 176 Å². The van der Waals surface area contributed by atoms with Gasteiger partial charge in [-0.05, 0) is 28.9 Å². The molecule has 3 aromatic rings. The van der Waals surface area contributed by atoms with Gasteiger partial charge in [-0.15, -0.1) is 6.58 Å². The first-order valence-corrected chi connectivity index (χ1v) is 10.1. The van der Waals surface area contributed by atoms with E-state index >= 15 is 0 Å². The zero-order valence-corrected chi connectivity index (χ0v) is 17.0. The lowest BCUT2D eigenvalue weighted by Crippen LogP contribution is -2.55. The van der Waals surface area contributed by atoms with Gasteiger partial charge in [0.1, 0.15) is 0 Å². The molecule has 7 nitrogen and oxygen atoms in total. The second-order valence-corrected chi connectivity index (χ2v) is 7.71. The zero-order valence-electron chi connectivity index (χ0n) is 15.5. The van der Waals surface area contributed by atoms with Crippen LogP contribution in [0.3, 0.4) is 0 Å². The minimum atomic E-state index is -0.530. The summed E-state index contributed by atoms with van der Waals surface area (Å²) in [5.41, 5.74) is 2.40. The minimum absolute atomic E-state index is 0.138. The molecule has 2 aromatic carbocycles. The van der Waals surface area contributed by atoms with Crippen LogP contribution in [0.4, 0.5) is 5.69 Å². The number of para-hydroxylation sites is 1. The predicted molar refractivity (Wildman–Crippen MR) is 113 cm³/mol. The maximum atomic E-state index is 13.0. The van der Waals surface area contributed by atoms with Gasteiger partial charge in [-0.3, -0.25) is 9.78 Å². The Morgan fingerprint density at radius 2 is 2.21 bits per heavy atom. The fourth-order valence-corrected chi connectivity index (χ4v) is 4.03. The molecule has 148 valence electrons. The summed E-state index contributed by atoms with van der Waals surface area (Å²) < 4.78 is 6.87. The molecule has 9 heteroatoms. The van der Waals surface area contributed by atoms with Gasteiger partial charge in [-0.1, -0.05) is 41.6 Å². The molecule has 0 radical (unpaired) electrons. The number of halogens is 1. The molecular formula is C20H18ClN4O3S+. The number of H-pyrrole nitrogens is 1. The van der Waals surface area contributed by atoms with Crippen LogP contribution in [0.1, 0.15) is 11.7 Å². The quantitative estimate of drug-likeness (QED) is 0.327. The summed E-state index contributed by atoms with van der Waals surface area (Å²) in [4.78, 5) is 15.8. The minimum Gasteiger partial charge on any atom is -0.503 e. The third-order valence-electron chi connectivity index (χ3n) is 4.51. The van der Waals surface area contributed by atoms with E-state index < -0.39 is 6.17 Å². The Bertz CT molecular complexity index is 1160. The van der Waals surface area contributed by atoms with Crippen molar-refractivity contribution in [3.8, 4) is 22.8 Å². The molecule has 1 aliphatic heterocycles. The number of rotatable bonds is 5. The molecule has 0 spiro atoms. The molecule has 3 N–H and O–H groups in total. The average Bonchev–Trinajstić information content (AvgIpc) is 2.73. The molecule has 0 fully saturated rings. The van der Waals surface area contributed by atoms with Gasteiger partial charge in [-0.2, -0.15) is 0 Å². The van der Waals surface area contributed by atoms with Gasteiger partial charge < -0.3 is 15.2 Å². The second kappa shape index (κ2) is 7.81. The number of nitrogens with zero attached hydrogens (tertiary/aromatic N) is 2. The van der Waals surface area contributed by atoms with E-state index in [1.807, 2.05) is 24.3 Å². The summed E-state index contributed by atoms with van der Waals surface area (Å²) in [7, 11) is 1.45. The fourth-order valence-electron chi connectivity index (χ4n) is 3.22. The van der Waals surface area contributed by atoms with Crippen molar-refractivity contribution < 1.29 is 14.5 Å². The number of fused-ring (bicyclic) bond motifs is 3. The first-order chi connectivity index (χ1) is 14.0. The van der Waals surface area contributed by atoms with E-state index in [2.05, 4.69) is 22.0 Å². The molecule has 0 saturated carbocycles. The van der Waals surface area contributed by atoms with Gasteiger partial charge in [0.15, 0.2) is 11.5 Å². The lowest BCUT2D eigenvalue weighted by Gasteiger charge is -2.23. The van der Waals surface area contributed by atoms with Crippen molar-refractivity contribution in [2.45, 2.75) is 11.3 Å². The van der Waals surface area contributed by atoms with Gasteiger partial charge in [-0.25, -0.2) is 0 Å². The molecule has 29 heavy (non-hydrogen) atoms. The zero-order chi connectivity index (χ0) is 20.5. The molecule has 0 saturated heterocycles. The molecule has 0 unspecified atom stereocenters. The highest BCUT2D eigenvalue weighted by Crippen LogP contribution is 2.38. The van der Waals surface area contributed by atoms with Crippen LogP contribution in [0.25, 0.3) is 11.3 Å². The van der Waals surface area contributed by atoms with Crippen molar-refractivity contribution in [1.82, 2.24) is 10.1 Å². The van der Waals surface area contributed by atoms with Crippen molar-refractivity contribution in [1.29, 1.82) is 0 Å². The highest BCUT2D eigenvalue weighted by Gasteiger charge is 2.38. The highest BCUT2D eigenvalue weighted by atomic mass is 35.5. The van der Waals surface area contributed by atoms with Gasteiger partial charge in [0.05, 0.1) is 23.4 Å². The lowest BCUT2D eigenvalue weighted by atomic mass is 10.0. The predicted octanol–water partition coefficient (Wildman–Crippen LogP) is 3.34. The number of anilines is 1. The van der Waals surface area contributed by atoms with E-state index in [0.717, 1.165) is 11.3 Å². The molecule has 1 aliphatic rings. The Hall–Kier alpha value is -2.97. The van der Waals surface area contributed by atoms with Crippen molar-refractivity contribution >= 4 is 29.1 Å². The molecule has 1 atom stereocenters. The number of hydrogen-bond acceptors (Lipinski definition) is 6. The number of hydrogen-bond donors (Lipinski definition) is 3. The van der Waals surface area contributed by atoms with E-state index in [1.54, 1.807) is 22.9 Å². The lowest BCUT2D eigenvalue weighted by molar-refractivity contribution is -0.759. The number of aromatic nitrogens is 3. The topological polar surface area (TPSA) is 91.1 Å². The van der Waals surface area contributed by atoms with Crippen LogP contribution in [0.5, 0.6) is 11.5 Å². The van der Waals surface area contributed by atoms with E-state index in [0.29, 0.717) is 22.2 Å². The number of methoxy groups -OCH3 is 1. The smallest absolute Gasteiger partial charge is 0.325 e. The van der Waals surface area contributed by atoms with E-state index in [4.69, 9.17) is 16.3 Å². The van der Waals surface area contributed by atoms with E-state index in [-0.39, 0.29) is 22.1 Å². The standard InChI is InChI=1S/C20H17ClN4O3S/c1-3-8-29-20-23-19(27)16-12-6-4-5-7-14(12)22-18(25(16)24-20)11-9-13(21)17(26)15(10-11)28-2/h3-7,9-10,18H,1,8H2,2H3,(H2,23,24,26,27)/p+1/t18-/m1/s1. The number of benzene rings is 2. The average molecular weight is 430 g/mol. The van der Waals surface area contributed by atoms with Crippen LogP contribution in [-0.2, 0) is 0 Å². The molecule has 0 bridgehead atoms. The van der Waals surface area contributed by atoms with Crippen LogP contribution < -0.4 is 20.3 Å². The number of nitrogens with one attached hydrogen (secondary N) is 2. The number of aromatic amines is 1. The summed E-state index contributed by atoms with van der Waals surface area (Å²) in [5.74, 6) is 0.706. The number of phenols is 1. The Morgan fingerprint density at radius 3 is 2.97 bits per heavy atom. The first-order valence-electron chi connectivity index (χ1n) is 8.75. The maximum Gasteiger partial charge on any atom is 0.325 e. The fraction of sp³-hybridized carbons (Fsp3) is 0.150. The van der Waals surface area contributed by atoms with E-state index in [1.165, 1.54) is 18.9 Å². The summed E-state index contributed by atoms with van der Waals surface area (Å²) in [6.45, 7) is 3.70. The summed E-state index contributed by atoms with van der Waals surface area (Å²) >= 11 is 7.58.